The highest BCUT2D eigenvalue weighted by Gasteiger charge is 2.27. The summed E-state index contributed by atoms with van der Waals surface area (Å²) in [6, 6.07) is 0. The molecule has 90 valence electrons. The molecule has 2 nitrogen and oxygen atoms in total. The van der Waals surface area contributed by atoms with Gasteiger partial charge < -0.3 is 4.74 Å². The van der Waals surface area contributed by atoms with E-state index in [4.69, 9.17) is 4.74 Å². The van der Waals surface area contributed by atoms with Crippen LogP contribution in [0.5, 0.6) is 0 Å². The molecule has 0 fully saturated rings. The molecule has 0 radical (unpaired) electrons. The lowest BCUT2D eigenvalue weighted by Crippen LogP contribution is -2.32. The van der Waals surface area contributed by atoms with E-state index in [1.807, 2.05) is 20.8 Å². The van der Waals surface area contributed by atoms with E-state index < -0.39 is 5.60 Å². The number of carbonyl (C=O) groups is 1. The van der Waals surface area contributed by atoms with Crippen LogP contribution in [0.2, 0.25) is 0 Å². The monoisotopic (exact) mass is 232 g/mol. The van der Waals surface area contributed by atoms with E-state index in [9.17, 15) is 4.79 Å². The fourth-order valence-corrected chi connectivity index (χ4v) is 2.35. The highest BCUT2D eigenvalue weighted by molar-refractivity contribution is 8.13. The van der Waals surface area contributed by atoms with Gasteiger partial charge in [-0.2, -0.15) is 10.5 Å². The topological polar surface area (TPSA) is 26.3 Å². The van der Waals surface area contributed by atoms with E-state index in [0.29, 0.717) is 5.92 Å². The summed E-state index contributed by atoms with van der Waals surface area (Å²) < 4.78 is 5.40. The van der Waals surface area contributed by atoms with Gasteiger partial charge in [0.1, 0.15) is 5.60 Å². The largest absolute Gasteiger partial charge is 0.460 e. The molecule has 0 spiro atoms. The molecule has 3 heteroatoms. The van der Waals surface area contributed by atoms with E-state index in [1.54, 1.807) is 0 Å². The second-order valence-corrected chi connectivity index (χ2v) is 7.23. The van der Waals surface area contributed by atoms with Crippen LogP contribution in [-0.2, 0) is 9.53 Å². The van der Waals surface area contributed by atoms with Gasteiger partial charge in [0.05, 0.1) is 5.92 Å². The van der Waals surface area contributed by atoms with Crippen LogP contribution in [-0.4, -0.2) is 29.4 Å². The minimum absolute atomic E-state index is 0.0185. The van der Waals surface area contributed by atoms with E-state index in [-0.39, 0.29) is 22.4 Å². The maximum absolute atomic E-state index is 11.9. The molecule has 2 atom stereocenters. The fraction of sp³-hybridized carbons (Fsp3) is 0.833. The van der Waals surface area contributed by atoms with Gasteiger partial charge in [-0.1, -0.05) is 19.7 Å². The van der Waals surface area contributed by atoms with E-state index in [2.05, 4.69) is 26.0 Å². The predicted octanol–water partition coefficient (Wildman–Crippen LogP) is 2.93. The van der Waals surface area contributed by atoms with Crippen LogP contribution in [0.15, 0.2) is 0 Å². The minimum Gasteiger partial charge on any atom is -0.460 e. The summed E-state index contributed by atoms with van der Waals surface area (Å²) in [5, 5.41) is 0. The third-order valence-corrected chi connectivity index (χ3v) is 2.91. The number of carbonyl (C=O) groups excluding carboxylic acids is 1. The Morgan fingerprint density at radius 3 is 2.13 bits per heavy atom. The zero-order valence-corrected chi connectivity index (χ0v) is 11.6. The number of hydrogen-bond acceptors (Lipinski definition) is 2. The van der Waals surface area contributed by atoms with Gasteiger partial charge in [-0.25, -0.2) is 0 Å². The van der Waals surface area contributed by atoms with Crippen molar-refractivity contribution in [2.24, 2.45) is 11.8 Å². The second kappa shape index (κ2) is 5.69. The summed E-state index contributed by atoms with van der Waals surface area (Å²) in [6.45, 7) is 9.82. The fourth-order valence-electron chi connectivity index (χ4n) is 1.22. The molecule has 0 heterocycles. The molecule has 0 aromatic heterocycles. The van der Waals surface area contributed by atoms with Gasteiger partial charge in [0.15, 0.2) is 0 Å². The van der Waals surface area contributed by atoms with Crippen LogP contribution in [0.1, 0.15) is 34.6 Å². The van der Waals surface area contributed by atoms with E-state index >= 15 is 0 Å². The molecule has 0 aromatic carbocycles. The number of ether oxygens (including phenoxy) is 1. The van der Waals surface area contributed by atoms with Crippen LogP contribution in [0.4, 0.5) is 0 Å². The smallest absolute Gasteiger partial charge is 0.310 e. The number of rotatable bonds is 4. The Balaban J connectivity index is 4.50. The molecule has 0 saturated carbocycles. The van der Waals surface area contributed by atoms with Crippen molar-refractivity contribution in [1.29, 1.82) is 0 Å². The Hall–Kier alpha value is -0.310. The molecule has 2 unspecified atom stereocenters. The van der Waals surface area contributed by atoms with Gasteiger partial charge in [0.25, 0.3) is 0 Å². The third-order valence-electron chi connectivity index (χ3n) is 1.98. The molecule has 15 heavy (non-hydrogen) atoms. The standard InChI is InChI=1S/C12H24O2S/c1-9(2)10(8-15(6)7)11(13)14-12(3,4)5/h9-10H,6,8H2,1-5,7H3. The van der Waals surface area contributed by atoms with Crippen LogP contribution >= 0.6 is 10.5 Å². The molecule has 0 aliphatic heterocycles. The Kier molecular flexibility index (Phi) is 5.57. The van der Waals surface area contributed by atoms with Crippen molar-refractivity contribution >= 4 is 22.3 Å². The highest BCUT2D eigenvalue weighted by Crippen LogP contribution is 2.22. The van der Waals surface area contributed by atoms with Crippen LogP contribution in [0, 0.1) is 11.8 Å². The van der Waals surface area contributed by atoms with Crippen LogP contribution in [0.3, 0.4) is 0 Å². The van der Waals surface area contributed by atoms with Crippen molar-refractivity contribution in [3.8, 4) is 0 Å². The minimum atomic E-state index is -0.391. The molecule has 0 aliphatic carbocycles. The quantitative estimate of drug-likeness (QED) is 0.550. The maximum Gasteiger partial charge on any atom is 0.310 e. The van der Waals surface area contributed by atoms with Gasteiger partial charge in [-0.15, -0.1) is 0 Å². The lowest BCUT2D eigenvalue weighted by molar-refractivity contribution is -0.160. The first kappa shape index (κ1) is 14.7. The average Bonchev–Trinajstić information content (AvgIpc) is 1.95. The summed E-state index contributed by atoms with van der Waals surface area (Å²) in [5.74, 6) is 5.00. The molecule has 0 rings (SSSR count). The van der Waals surface area contributed by atoms with E-state index in [1.165, 1.54) is 0 Å². The van der Waals surface area contributed by atoms with Crippen molar-refractivity contribution in [2.45, 2.75) is 40.2 Å². The summed E-state index contributed by atoms with van der Waals surface area (Å²) in [4.78, 5) is 11.9. The summed E-state index contributed by atoms with van der Waals surface area (Å²) in [7, 11) is 0.0340. The molecule has 0 saturated heterocycles. The van der Waals surface area contributed by atoms with Gasteiger partial charge in [-0.3, -0.25) is 4.79 Å². The average molecular weight is 232 g/mol. The number of hydrogen-bond donors (Lipinski definition) is 0. The molecular formula is C12H24O2S. The van der Waals surface area contributed by atoms with Gasteiger partial charge in [0.2, 0.25) is 0 Å². The molecule has 0 bridgehead atoms. The highest BCUT2D eigenvalue weighted by atomic mass is 32.2. The molecule has 0 N–H and O–H groups in total. The zero-order valence-electron chi connectivity index (χ0n) is 10.8. The Morgan fingerprint density at radius 1 is 1.40 bits per heavy atom. The van der Waals surface area contributed by atoms with Crippen molar-refractivity contribution in [3.63, 3.8) is 0 Å². The Morgan fingerprint density at radius 2 is 1.87 bits per heavy atom. The molecule has 0 aromatic rings. The summed E-state index contributed by atoms with van der Waals surface area (Å²) in [5.41, 5.74) is -0.391. The summed E-state index contributed by atoms with van der Waals surface area (Å²) in [6.07, 6.45) is 2.06. The van der Waals surface area contributed by atoms with Crippen molar-refractivity contribution in [2.75, 3.05) is 12.0 Å². The SMILES string of the molecule is C=S(C)CC(C(=O)OC(C)(C)C)C(C)C. The van der Waals surface area contributed by atoms with Crippen molar-refractivity contribution in [1.82, 2.24) is 0 Å². The molecule has 0 amide bonds. The maximum atomic E-state index is 11.9. The lowest BCUT2D eigenvalue weighted by atomic mass is 9.98. The third kappa shape index (κ3) is 6.72. The first-order chi connectivity index (χ1) is 6.63. The lowest BCUT2D eigenvalue weighted by Gasteiger charge is -2.26. The predicted molar refractivity (Wildman–Crippen MR) is 69.7 cm³/mol. The molecule has 0 aliphatic rings. The van der Waals surface area contributed by atoms with Crippen molar-refractivity contribution in [3.05, 3.63) is 0 Å². The Bertz CT molecular complexity index is 238. The zero-order chi connectivity index (χ0) is 12.2. The first-order valence-electron chi connectivity index (χ1n) is 5.28. The van der Waals surface area contributed by atoms with Crippen LogP contribution in [0.25, 0.3) is 0 Å². The summed E-state index contributed by atoms with van der Waals surface area (Å²) >= 11 is 0. The van der Waals surface area contributed by atoms with Gasteiger partial charge in [0, 0.05) is 5.75 Å². The van der Waals surface area contributed by atoms with Crippen LogP contribution < -0.4 is 0 Å². The van der Waals surface area contributed by atoms with Crippen molar-refractivity contribution < 1.29 is 9.53 Å². The second-order valence-electron chi connectivity index (χ2n) is 5.33. The van der Waals surface area contributed by atoms with Gasteiger partial charge >= 0.3 is 5.97 Å². The Labute approximate surface area is 96.3 Å². The number of esters is 1. The normalized spacial score (nSPS) is 16.2. The first-order valence-corrected chi connectivity index (χ1v) is 7.25. The van der Waals surface area contributed by atoms with Gasteiger partial charge in [-0.05, 0) is 32.9 Å². The van der Waals surface area contributed by atoms with E-state index in [0.717, 1.165) is 5.75 Å². The molecular weight excluding hydrogens is 208 g/mol.